The molecule has 1 N–H and O–H groups in total. The van der Waals surface area contributed by atoms with Crippen LogP contribution in [0.4, 0.5) is 11.8 Å². The highest BCUT2D eigenvalue weighted by molar-refractivity contribution is 7.18. The summed E-state index contributed by atoms with van der Waals surface area (Å²) in [5.41, 5.74) is 0. The summed E-state index contributed by atoms with van der Waals surface area (Å²) in [6, 6.07) is 3.40. The third-order valence-electron chi connectivity index (χ3n) is 4.33. The maximum atomic E-state index is 4.84. The number of rotatable bonds is 4. The van der Waals surface area contributed by atoms with E-state index in [2.05, 4.69) is 49.0 Å². The lowest BCUT2D eigenvalue weighted by Gasteiger charge is -2.30. The Morgan fingerprint density at radius 2 is 2.14 bits per heavy atom. The quantitative estimate of drug-likeness (QED) is 0.919. The number of aryl methyl sites for hydroxylation is 1. The first kappa shape index (κ1) is 14.6. The van der Waals surface area contributed by atoms with E-state index in [1.807, 2.05) is 0 Å². The van der Waals surface area contributed by atoms with Gasteiger partial charge in [-0.3, -0.25) is 0 Å². The number of nitrogens with one attached hydrogen (secondary N) is 1. The molecule has 1 saturated heterocycles. The van der Waals surface area contributed by atoms with E-state index in [4.69, 9.17) is 4.98 Å². The number of anilines is 2. The predicted octanol–water partition coefficient (Wildman–Crippen LogP) is 4.20. The molecule has 0 spiro atoms. The second-order valence-electron chi connectivity index (χ2n) is 5.87. The van der Waals surface area contributed by atoms with Gasteiger partial charge in [0.15, 0.2) is 0 Å². The standard InChI is InChI=1S/C16H24N4S/c1-5-12-8-7-10(3)20(12)14-13-9-11(4)21-15(13)19-16(18-14)17-6-2/h9-10,12H,5-8H2,1-4H3,(H,17,18,19). The van der Waals surface area contributed by atoms with Gasteiger partial charge in [-0.2, -0.15) is 4.98 Å². The Morgan fingerprint density at radius 1 is 1.33 bits per heavy atom. The number of nitrogens with zero attached hydrogens (tertiary/aromatic N) is 3. The fraction of sp³-hybridized carbons (Fsp3) is 0.625. The SMILES string of the molecule is CCNc1nc(N2C(C)CCC2CC)c2cc(C)sc2n1. The Kier molecular flexibility index (Phi) is 4.02. The summed E-state index contributed by atoms with van der Waals surface area (Å²) in [5, 5.41) is 4.49. The van der Waals surface area contributed by atoms with Crippen LogP contribution in [0, 0.1) is 6.92 Å². The Balaban J connectivity index is 2.14. The zero-order chi connectivity index (χ0) is 15.0. The van der Waals surface area contributed by atoms with Gasteiger partial charge in [0.25, 0.3) is 0 Å². The van der Waals surface area contributed by atoms with Gasteiger partial charge >= 0.3 is 0 Å². The van der Waals surface area contributed by atoms with Crippen LogP contribution in [0.3, 0.4) is 0 Å². The molecule has 1 aliphatic heterocycles. The van der Waals surface area contributed by atoms with Crippen LogP contribution in [-0.4, -0.2) is 28.6 Å². The molecule has 0 aliphatic carbocycles. The highest BCUT2D eigenvalue weighted by Gasteiger charge is 2.32. The van der Waals surface area contributed by atoms with Crippen LogP contribution in [0.5, 0.6) is 0 Å². The molecule has 2 aromatic rings. The smallest absolute Gasteiger partial charge is 0.226 e. The van der Waals surface area contributed by atoms with Gasteiger partial charge in [0.05, 0.1) is 5.39 Å². The molecule has 0 aromatic carbocycles. The van der Waals surface area contributed by atoms with Crippen molar-refractivity contribution in [1.29, 1.82) is 0 Å². The van der Waals surface area contributed by atoms with Gasteiger partial charge in [0.1, 0.15) is 10.6 Å². The molecule has 2 aromatic heterocycles. The van der Waals surface area contributed by atoms with Crippen LogP contribution in [0.15, 0.2) is 6.07 Å². The van der Waals surface area contributed by atoms with Crippen LogP contribution < -0.4 is 10.2 Å². The van der Waals surface area contributed by atoms with Crippen molar-refractivity contribution in [3.63, 3.8) is 0 Å². The molecule has 3 heterocycles. The first-order valence-electron chi connectivity index (χ1n) is 7.94. The number of thiophene rings is 1. The normalized spacial score (nSPS) is 22.2. The van der Waals surface area contributed by atoms with Crippen LogP contribution in [0.25, 0.3) is 10.2 Å². The van der Waals surface area contributed by atoms with Crippen molar-refractivity contribution in [2.45, 2.75) is 59.0 Å². The number of hydrogen-bond acceptors (Lipinski definition) is 5. The van der Waals surface area contributed by atoms with E-state index in [0.717, 1.165) is 23.1 Å². The molecule has 21 heavy (non-hydrogen) atoms. The fourth-order valence-electron chi connectivity index (χ4n) is 3.32. The van der Waals surface area contributed by atoms with Crippen molar-refractivity contribution in [3.8, 4) is 0 Å². The molecule has 0 amide bonds. The summed E-state index contributed by atoms with van der Waals surface area (Å²) < 4.78 is 0. The fourth-order valence-corrected chi connectivity index (χ4v) is 4.19. The summed E-state index contributed by atoms with van der Waals surface area (Å²) in [7, 11) is 0. The van der Waals surface area contributed by atoms with Crippen molar-refractivity contribution in [3.05, 3.63) is 10.9 Å². The largest absolute Gasteiger partial charge is 0.354 e. The molecule has 114 valence electrons. The molecule has 2 atom stereocenters. The lowest BCUT2D eigenvalue weighted by molar-refractivity contribution is 0.623. The van der Waals surface area contributed by atoms with Crippen LogP contribution in [-0.2, 0) is 0 Å². The molecule has 1 aliphatic rings. The number of aromatic nitrogens is 2. The zero-order valence-electron chi connectivity index (χ0n) is 13.3. The van der Waals surface area contributed by atoms with Crippen molar-refractivity contribution >= 4 is 33.3 Å². The molecule has 0 bridgehead atoms. The topological polar surface area (TPSA) is 41.1 Å². The first-order valence-corrected chi connectivity index (χ1v) is 8.76. The van der Waals surface area contributed by atoms with Gasteiger partial charge < -0.3 is 10.2 Å². The van der Waals surface area contributed by atoms with E-state index in [1.54, 1.807) is 11.3 Å². The molecule has 1 fully saturated rings. The minimum Gasteiger partial charge on any atom is -0.354 e. The molecule has 4 nitrogen and oxygen atoms in total. The summed E-state index contributed by atoms with van der Waals surface area (Å²) in [4.78, 5) is 14.4. The summed E-state index contributed by atoms with van der Waals surface area (Å²) in [6.07, 6.45) is 3.70. The summed E-state index contributed by atoms with van der Waals surface area (Å²) in [5.74, 6) is 1.88. The van der Waals surface area contributed by atoms with Crippen LogP contribution >= 0.6 is 11.3 Å². The van der Waals surface area contributed by atoms with E-state index < -0.39 is 0 Å². The van der Waals surface area contributed by atoms with Gasteiger partial charge in [-0.15, -0.1) is 11.3 Å². The monoisotopic (exact) mass is 304 g/mol. The molecule has 0 radical (unpaired) electrons. The third kappa shape index (κ3) is 2.59. The van der Waals surface area contributed by atoms with Crippen LogP contribution in [0.2, 0.25) is 0 Å². The van der Waals surface area contributed by atoms with Gasteiger partial charge in [-0.05, 0) is 46.1 Å². The minimum atomic E-state index is 0.558. The third-order valence-corrected chi connectivity index (χ3v) is 5.28. The van der Waals surface area contributed by atoms with E-state index >= 15 is 0 Å². The Morgan fingerprint density at radius 3 is 2.86 bits per heavy atom. The average molecular weight is 304 g/mol. The highest BCUT2D eigenvalue weighted by Crippen LogP contribution is 2.38. The Hall–Kier alpha value is -1.36. The Labute approximate surface area is 130 Å². The molecule has 3 rings (SSSR count). The molecule has 2 unspecified atom stereocenters. The highest BCUT2D eigenvalue weighted by atomic mass is 32.1. The second kappa shape index (κ2) is 5.79. The number of fused-ring (bicyclic) bond motifs is 1. The van der Waals surface area contributed by atoms with Crippen molar-refractivity contribution in [2.24, 2.45) is 0 Å². The van der Waals surface area contributed by atoms with E-state index in [9.17, 15) is 0 Å². The van der Waals surface area contributed by atoms with E-state index in [1.165, 1.54) is 29.5 Å². The van der Waals surface area contributed by atoms with Gasteiger partial charge in [-0.1, -0.05) is 6.92 Å². The summed E-state index contributed by atoms with van der Waals surface area (Å²) >= 11 is 1.76. The predicted molar refractivity (Wildman–Crippen MR) is 91.6 cm³/mol. The van der Waals surface area contributed by atoms with Gasteiger partial charge in [-0.25, -0.2) is 4.98 Å². The minimum absolute atomic E-state index is 0.558. The van der Waals surface area contributed by atoms with Gasteiger partial charge in [0.2, 0.25) is 5.95 Å². The van der Waals surface area contributed by atoms with Gasteiger partial charge in [0, 0.05) is 23.5 Å². The average Bonchev–Trinajstić information content (AvgIpc) is 3.00. The van der Waals surface area contributed by atoms with E-state index in [0.29, 0.717) is 12.1 Å². The molecule has 0 saturated carbocycles. The molecular weight excluding hydrogens is 280 g/mol. The Bertz CT molecular complexity index is 636. The lowest BCUT2D eigenvalue weighted by atomic mass is 10.1. The van der Waals surface area contributed by atoms with Crippen molar-refractivity contribution < 1.29 is 0 Å². The first-order chi connectivity index (χ1) is 10.1. The van der Waals surface area contributed by atoms with Crippen LogP contribution in [0.1, 0.15) is 44.9 Å². The van der Waals surface area contributed by atoms with E-state index in [-0.39, 0.29) is 0 Å². The zero-order valence-corrected chi connectivity index (χ0v) is 14.1. The molecule has 5 heteroatoms. The molecular formula is C16H24N4S. The van der Waals surface area contributed by atoms with Crippen molar-refractivity contribution in [2.75, 3.05) is 16.8 Å². The maximum Gasteiger partial charge on any atom is 0.226 e. The maximum absolute atomic E-state index is 4.84. The number of hydrogen-bond donors (Lipinski definition) is 1. The van der Waals surface area contributed by atoms with Crippen molar-refractivity contribution in [1.82, 2.24) is 9.97 Å². The summed E-state index contributed by atoms with van der Waals surface area (Å²) in [6.45, 7) is 9.67. The second-order valence-corrected chi connectivity index (χ2v) is 7.11. The lowest BCUT2D eigenvalue weighted by Crippen LogP contribution is -2.35.